The second-order valence-electron chi connectivity index (χ2n) is 3.04. The van der Waals surface area contributed by atoms with Crippen LogP contribution in [0.1, 0.15) is 10.4 Å². The fourth-order valence-corrected chi connectivity index (χ4v) is 1.47. The van der Waals surface area contributed by atoms with E-state index in [1.807, 2.05) is 0 Å². The van der Waals surface area contributed by atoms with Crippen LogP contribution in [0.4, 0.5) is 5.69 Å². The molecular weight excluding hydrogens is 263 g/mol. The highest BCUT2D eigenvalue weighted by Crippen LogP contribution is 2.19. The number of carbonyl (C=O) groups is 1. The molecular formula is C10H6Cl2N4O. The van der Waals surface area contributed by atoms with Gasteiger partial charge >= 0.3 is 0 Å². The summed E-state index contributed by atoms with van der Waals surface area (Å²) in [5.41, 5.74) is 0.712. The number of nitrogens with one attached hydrogen (secondary N) is 1. The average molecular weight is 269 g/mol. The van der Waals surface area contributed by atoms with Crippen molar-refractivity contribution >= 4 is 34.8 Å². The zero-order valence-corrected chi connectivity index (χ0v) is 9.90. The SMILES string of the molecule is O=C(Nc1cnc(Cl)nc1Cl)c1cccnc1. The molecule has 0 aliphatic carbocycles. The van der Waals surface area contributed by atoms with Gasteiger partial charge in [0.2, 0.25) is 5.28 Å². The van der Waals surface area contributed by atoms with Gasteiger partial charge in [0.05, 0.1) is 17.4 Å². The summed E-state index contributed by atoms with van der Waals surface area (Å²) < 4.78 is 0. The molecule has 5 nitrogen and oxygen atoms in total. The predicted octanol–water partition coefficient (Wildman–Crippen LogP) is 2.43. The van der Waals surface area contributed by atoms with Gasteiger partial charge in [0, 0.05) is 12.4 Å². The molecule has 2 rings (SSSR count). The van der Waals surface area contributed by atoms with Gasteiger partial charge in [-0.2, -0.15) is 0 Å². The first-order valence-corrected chi connectivity index (χ1v) is 5.32. The first-order valence-electron chi connectivity index (χ1n) is 4.56. The van der Waals surface area contributed by atoms with E-state index in [0.717, 1.165) is 0 Å². The first-order chi connectivity index (χ1) is 8.16. The van der Waals surface area contributed by atoms with Gasteiger partial charge in [0.1, 0.15) is 0 Å². The Morgan fingerprint density at radius 3 is 2.76 bits per heavy atom. The summed E-state index contributed by atoms with van der Waals surface area (Å²) in [6.45, 7) is 0. The highest BCUT2D eigenvalue weighted by atomic mass is 35.5. The summed E-state index contributed by atoms with van der Waals surface area (Å²) in [5, 5.41) is 2.67. The average Bonchev–Trinajstić information content (AvgIpc) is 2.34. The Hall–Kier alpha value is -1.72. The van der Waals surface area contributed by atoms with E-state index >= 15 is 0 Å². The maximum absolute atomic E-state index is 11.8. The molecule has 0 unspecified atom stereocenters. The summed E-state index contributed by atoms with van der Waals surface area (Å²) in [7, 11) is 0. The number of amides is 1. The van der Waals surface area contributed by atoms with Crippen LogP contribution in [0, 0.1) is 0 Å². The molecule has 0 saturated heterocycles. The van der Waals surface area contributed by atoms with E-state index in [4.69, 9.17) is 23.2 Å². The van der Waals surface area contributed by atoms with Gasteiger partial charge in [-0.1, -0.05) is 11.6 Å². The molecule has 7 heteroatoms. The number of halogens is 2. The van der Waals surface area contributed by atoms with Crippen molar-refractivity contribution in [3.05, 3.63) is 46.7 Å². The summed E-state index contributed by atoms with van der Waals surface area (Å²) in [6.07, 6.45) is 4.36. The monoisotopic (exact) mass is 268 g/mol. The summed E-state index contributed by atoms with van der Waals surface area (Å²) >= 11 is 11.3. The van der Waals surface area contributed by atoms with Crippen LogP contribution in [-0.2, 0) is 0 Å². The zero-order chi connectivity index (χ0) is 12.3. The van der Waals surface area contributed by atoms with E-state index in [0.29, 0.717) is 11.3 Å². The predicted molar refractivity (Wildman–Crippen MR) is 64.2 cm³/mol. The third-order valence-corrected chi connectivity index (χ3v) is 2.35. The third kappa shape index (κ3) is 2.89. The molecule has 0 aliphatic heterocycles. The Morgan fingerprint density at radius 1 is 1.29 bits per heavy atom. The Bertz CT molecular complexity index is 547. The Balaban J connectivity index is 2.19. The molecule has 0 aliphatic rings. The quantitative estimate of drug-likeness (QED) is 0.671. The molecule has 0 aromatic carbocycles. The van der Waals surface area contributed by atoms with Crippen molar-refractivity contribution in [3.8, 4) is 0 Å². The lowest BCUT2D eigenvalue weighted by Gasteiger charge is -2.05. The number of anilines is 1. The van der Waals surface area contributed by atoms with E-state index in [1.54, 1.807) is 18.3 Å². The van der Waals surface area contributed by atoms with Gasteiger partial charge in [0.15, 0.2) is 5.15 Å². The van der Waals surface area contributed by atoms with E-state index in [2.05, 4.69) is 20.3 Å². The van der Waals surface area contributed by atoms with E-state index in [1.165, 1.54) is 12.4 Å². The molecule has 0 saturated carbocycles. The second kappa shape index (κ2) is 5.07. The summed E-state index contributed by atoms with van der Waals surface area (Å²) in [4.78, 5) is 23.0. The highest BCUT2D eigenvalue weighted by molar-refractivity contribution is 6.34. The van der Waals surface area contributed by atoms with Crippen molar-refractivity contribution in [2.45, 2.75) is 0 Å². The van der Waals surface area contributed by atoms with Crippen LogP contribution in [0.5, 0.6) is 0 Å². The van der Waals surface area contributed by atoms with Crippen molar-refractivity contribution < 1.29 is 4.79 Å². The van der Waals surface area contributed by atoms with Crippen LogP contribution >= 0.6 is 23.2 Å². The van der Waals surface area contributed by atoms with Crippen LogP contribution in [0.3, 0.4) is 0 Å². The van der Waals surface area contributed by atoms with Gasteiger partial charge in [-0.05, 0) is 23.7 Å². The third-order valence-electron chi connectivity index (χ3n) is 1.88. The van der Waals surface area contributed by atoms with Crippen LogP contribution in [0.15, 0.2) is 30.7 Å². The highest BCUT2D eigenvalue weighted by Gasteiger charge is 2.09. The molecule has 0 fully saturated rings. The molecule has 2 aromatic rings. The van der Waals surface area contributed by atoms with Gasteiger partial charge in [0.25, 0.3) is 5.91 Å². The lowest BCUT2D eigenvalue weighted by molar-refractivity contribution is 0.102. The molecule has 0 bridgehead atoms. The number of carbonyl (C=O) groups excluding carboxylic acids is 1. The molecule has 1 amide bonds. The minimum atomic E-state index is -0.342. The second-order valence-corrected chi connectivity index (χ2v) is 3.74. The van der Waals surface area contributed by atoms with Gasteiger partial charge < -0.3 is 5.32 Å². The Morgan fingerprint density at radius 2 is 2.12 bits per heavy atom. The van der Waals surface area contributed by atoms with Crippen molar-refractivity contribution in [1.82, 2.24) is 15.0 Å². The van der Waals surface area contributed by atoms with Crippen molar-refractivity contribution in [2.24, 2.45) is 0 Å². The largest absolute Gasteiger partial charge is 0.318 e. The minimum absolute atomic E-state index is 0.0226. The minimum Gasteiger partial charge on any atom is -0.318 e. The number of hydrogen-bond acceptors (Lipinski definition) is 4. The summed E-state index contributed by atoms with van der Waals surface area (Å²) in [5.74, 6) is -0.342. The van der Waals surface area contributed by atoms with Gasteiger partial charge in [-0.3, -0.25) is 9.78 Å². The summed E-state index contributed by atoms with van der Waals surface area (Å²) in [6, 6.07) is 3.29. The van der Waals surface area contributed by atoms with Crippen molar-refractivity contribution in [2.75, 3.05) is 5.32 Å². The lowest BCUT2D eigenvalue weighted by atomic mass is 10.2. The number of aromatic nitrogens is 3. The molecule has 86 valence electrons. The Labute approximate surface area is 107 Å². The number of hydrogen-bond donors (Lipinski definition) is 1. The normalized spacial score (nSPS) is 10.0. The van der Waals surface area contributed by atoms with E-state index < -0.39 is 0 Å². The van der Waals surface area contributed by atoms with Gasteiger partial charge in [-0.25, -0.2) is 9.97 Å². The molecule has 1 N–H and O–H groups in total. The van der Waals surface area contributed by atoms with E-state index in [9.17, 15) is 4.79 Å². The van der Waals surface area contributed by atoms with E-state index in [-0.39, 0.29) is 16.3 Å². The van der Waals surface area contributed by atoms with Gasteiger partial charge in [-0.15, -0.1) is 0 Å². The van der Waals surface area contributed by atoms with Crippen molar-refractivity contribution in [3.63, 3.8) is 0 Å². The van der Waals surface area contributed by atoms with Crippen LogP contribution in [0.2, 0.25) is 10.4 Å². The lowest BCUT2D eigenvalue weighted by Crippen LogP contribution is -2.13. The number of rotatable bonds is 2. The maximum Gasteiger partial charge on any atom is 0.257 e. The fraction of sp³-hybridized carbons (Fsp3) is 0. The van der Waals surface area contributed by atoms with Crippen molar-refractivity contribution in [1.29, 1.82) is 0 Å². The molecule has 2 heterocycles. The molecule has 0 spiro atoms. The number of pyridine rings is 1. The fourth-order valence-electron chi connectivity index (χ4n) is 1.12. The standard InChI is InChI=1S/C10H6Cl2N4O/c11-8-7(5-14-10(12)16-8)15-9(17)6-2-1-3-13-4-6/h1-5H,(H,15,17). The van der Waals surface area contributed by atoms with Crippen LogP contribution in [-0.4, -0.2) is 20.9 Å². The zero-order valence-electron chi connectivity index (χ0n) is 8.39. The first kappa shape index (κ1) is 11.8. The molecule has 0 atom stereocenters. The smallest absolute Gasteiger partial charge is 0.257 e. The number of nitrogens with zero attached hydrogens (tertiary/aromatic N) is 3. The maximum atomic E-state index is 11.8. The molecule has 0 radical (unpaired) electrons. The van der Waals surface area contributed by atoms with Crippen LogP contribution in [0.25, 0.3) is 0 Å². The Kier molecular flexibility index (Phi) is 3.51. The molecule has 2 aromatic heterocycles. The topological polar surface area (TPSA) is 67.8 Å². The van der Waals surface area contributed by atoms with Crippen LogP contribution < -0.4 is 5.32 Å². The molecule has 17 heavy (non-hydrogen) atoms.